The highest BCUT2D eigenvalue weighted by atomic mass is 16.6. The summed E-state index contributed by atoms with van der Waals surface area (Å²) in [6, 6.07) is -0.729. The summed E-state index contributed by atoms with van der Waals surface area (Å²) in [5, 5.41) is 11.6. The first-order chi connectivity index (χ1) is 27.6. The normalized spacial score (nSPS) is 13.5. The largest absolute Gasteiger partial charge is 0.544 e. The lowest BCUT2D eigenvalue weighted by Crippen LogP contribution is -2.55. The summed E-state index contributed by atoms with van der Waals surface area (Å²) in [5.74, 6) is -1.76. The van der Waals surface area contributed by atoms with E-state index in [4.69, 9.17) is 14.2 Å². The summed E-state index contributed by atoms with van der Waals surface area (Å²) in [5.41, 5.74) is 0. The molecule has 0 spiro atoms. The van der Waals surface area contributed by atoms with Crippen molar-refractivity contribution < 1.29 is 38.2 Å². The van der Waals surface area contributed by atoms with Crippen molar-refractivity contribution in [3.05, 3.63) is 60.8 Å². The van der Waals surface area contributed by atoms with E-state index in [9.17, 15) is 19.5 Å². The maximum Gasteiger partial charge on any atom is 0.306 e. The second kappa shape index (κ2) is 39.8. The number of unbranched alkanes of at least 4 members (excludes halogenated alkanes) is 16. The van der Waals surface area contributed by atoms with Crippen LogP contribution in [0, 0.1) is 0 Å². The maximum atomic E-state index is 12.7. The first-order valence-electron chi connectivity index (χ1n) is 22.8. The monoisotopic (exact) mass is 800 g/mol. The zero-order valence-corrected chi connectivity index (χ0v) is 37.2. The fourth-order valence-electron chi connectivity index (χ4n) is 6.34. The van der Waals surface area contributed by atoms with Gasteiger partial charge in [-0.05, 0) is 70.6 Å². The number of rotatable bonds is 40. The Morgan fingerprint density at radius 1 is 0.544 bits per heavy atom. The van der Waals surface area contributed by atoms with E-state index >= 15 is 0 Å². The Morgan fingerprint density at radius 3 is 1.47 bits per heavy atom. The summed E-state index contributed by atoms with van der Waals surface area (Å²) >= 11 is 0. The first kappa shape index (κ1) is 54.0. The van der Waals surface area contributed by atoms with Crippen LogP contribution in [0.1, 0.15) is 181 Å². The second-order valence-electron chi connectivity index (χ2n) is 16.3. The molecule has 0 N–H and O–H groups in total. The van der Waals surface area contributed by atoms with Gasteiger partial charge in [0, 0.05) is 19.3 Å². The van der Waals surface area contributed by atoms with Gasteiger partial charge in [0.1, 0.15) is 12.6 Å². The number of hydrogen-bond donors (Lipinski definition) is 0. The lowest BCUT2D eigenvalue weighted by molar-refractivity contribution is -0.889. The van der Waals surface area contributed by atoms with Gasteiger partial charge in [-0.1, -0.05) is 152 Å². The number of hydrogen-bond acceptors (Lipinski definition) is 7. The molecular formula is C49H85NO7. The molecule has 0 amide bonds. The average Bonchev–Trinajstić information content (AvgIpc) is 3.17. The van der Waals surface area contributed by atoms with Gasteiger partial charge in [0.2, 0.25) is 0 Å². The minimum absolute atomic E-state index is 0.0339. The Balaban J connectivity index is 4.25. The van der Waals surface area contributed by atoms with Gasteiger partial charge >= 0.3 is 11.9 Å². The van der Waals surface area contributed by atoms with Crippen LogP contribution in [0.15, 0.2) is 60.8 Å². The SMILES string of the molecule is CC/C=C/C/C=C/C/C=C/C/C=C/CCCCCCCCCCCC(=O)OCC(COCCC(C(=O)[O-])[N+](C)(C)C)OC(=O)CCCCCCC/C=C/CCCC. The third kappa shape index (κ3) is 38.3. The third-order valence-electron chi connectivity index (χ3n) is 9.89. The van der Waals surface area contributed by atoms with Crippen molar-refractivity contribution >= 4 is 17.9 Å². The topological polar surface area (TPSA) is 102 Å². The number of carbonyl (C=O) groups excluding carboxylic acids is 3. The van der Waals surface area contributed by atoms with Crippen molar-refractivity contribution in [1.29, 1.82) is 0 Å². The number of quaternary nitrogens is 1. The molecular weight excluding hydrogens is 715 g/mol. The van der Waals surface area contributed by atoms with Crippen LogP contribution in [0.5, 0.6) is 0 Å². The molecule has 328 valence electrons. The second-order valence-corrected chi connectivity index (χ2v) is 16.3. The van der Waals surface area contributed by atoms with Gasteiger partial charge < -0.3 is 28.6 Å². The van der Waals surface area contributed by atoms with Crippen molar-refractivity contribution in [2.45, 2.75) is 193 Å². The molecule has 0 aliphatic rings. The van der Waals surface area contributed by atoms with Gasteiger partial charge in [-0.2, -0.15) is 0 Å². The Morgan fingerprint density at radius 2 is 0.982 bits per heavy atom. The molecule has 0 aromatic heterocycles. The molecule has 0 aromatic carbocycles. The Bertz CT molecular complexity index is 1120. The Labute approximate surface area is 349 Å². The summed E-state index contributed by atoms with van der Waals surface area (Å²) in [7, 11) is 5.40. The van der Waals surface area contributed by atoms with E-state index in [0.29, 0.717) is 12.8 Å². The highest BCUT2D eigenvalue weighted by molar-refractivity contribution is 5.70. The molecule has 0 aliphatic heterocycles. The van der Waals surface area contributed by atoms with E-state index in [0.717, 1.165) is 89.9 Å². The van der Waals surface area contributed by atoms with Crippen LogP contribution in [-0.2, 0) is 28.6 Å². The number of aliphatic carboxylic acids is 1. The quantitative estimate of drug-likeness (QED) is 0.0263. The van der Waals surface area contributed by atoms with Crippen molar-refractivity contribution in [2.75, 3.05) is 41.0 Å². The molecule has 57 heavy (non-hydrogen) atoms. The van der Waals surface area contributed by atoms with Gasteiger partial charge in [-0.15, -0.1) is 0 Å². The molecule has 0 heterocycles. The smallest absolute Gasteiger partial charge is 0.306 e. The third-order valence-corrected chi connectivity index (χ3v) is 9.89. The van der Waals surface area contributed by atoms with E-state index in [1.807, 2.05) is 0 Å². The van der Waals surface area contributed by atoms with Crippen LogP contribution >= 0.6 is 0 Å². The van der Waals surface area contributed by atoms with Crippen molar-refractivity contribution in [3.8, 4) is 0 Å². The van der Waals surface area contributed by atoms with Crippen molar-refractivity contribution in [3.63, 3.8) is 0 Å². The van der Waals surface area contributed by atoms with Gasteiger partial charge in [-0.3, -0.25) is 9.59 Å². The van der Waals surface area contributed by atoms with Crippen LogP contribution < -0.4 is 5.11 Å². The standard InChI is InChI=1S/C49H85NO7/c1-6-8-10-12-14-16-18-19-20-21-22-23-24-25-26-27-28-30-31-33-35-37-39-47(51)56-44-45(43-55-42-41-46(49(53)54)50(3,4)5)57-48(52)40-38-36-34-32-29-17-15-13-11-9-7-2/h8,10,13-16,19-20,22-23,45-46H,6-7,9,11-12,17-18,21,24-44H2,1-5H3/b10-8+,15-13+,16-14+,20-19+,23-22+. The highest BCUT2D eigenvalue weighted by Crippen LogP contribution is 2.14. The summed E-state index contributed by atoms with van der Waals surface area (Å²) < 4.78 is 17.1. The summed E-state index contributed by atoms with van der Waals surface area (Å²) in [6.07, 6.45) is 48.2. The van der Waals surface area contributed by atoms with E-state index in [-0.39, 0.29) is 42.7 Å². The van der Waals surface area contributed by atoms with Crippen molar-refractivity contribution in [1.82, 2.24) is 0 Å². The maximum absolute atomic E-state index is 12.7. The van der Waals surface area contributed by atoms with E-state index in [2.05, 4.69) is 74.6 Å². The molecule has 0 radical (unpaired) electrons. The molecule has 8 nitrogen and oxygen atoms in total. The molecule has 0 rings (SSSR count). The Hall–Kier alpha value is -2.97. The number of carboxylic acid groups (broad SMARTS) is 1. The van der Waals surface area contributed by atoms with Crippen LogP contribution in [-0.4, -0.2) is 75.5 Å². The van der Waals surface area contributed by atoms with Crippen LogP contribution in [0.4, 0.5) is 0 Å². The molecule has 8 heteroatoms. The molecule has 0 fully saturated rings. The van der Waals surface area contributed by atoms with Gasteiger partial charge in [0.15, 0.2) is 6.10 Å². The zero-order valence-electron chi connectivity index (χ0n) is 37.2. The molecule has 2 unspecified atom stereocenters. The minimum Gasteiger partial charge on any atom is -0.544 e. The minimum atomic E-state index is -1.13. The number of carboxylic acids is 1. The molecule has 2 atom stereocenters. The molecule has 0 saturated carbocycles. The number of esters is 2. The molecule has 0 saturated heterocycles. The van der Waals surface area contributed by atoms with Gasteiger partial charge in [0.25, 0.3) is 0 Å². The van der Waals surface area contributed by atoms with E-state index < -0.39 is 18.1 Å². The van der Waals surface area contributed by atoms with Crippen LogP contribution in [0.25, 0.3) is 0 Å². The lowest BCUT2D eigenvalue weighted by Gasteiger charge is -2.34. The van der Waals surface area contributed by atoms with Crippen LogP contribution in [0.3, 0.4) is 0 Å². The number of nitrogens with zero attached hydrogens (tertiary/aromatic N) is 1. The average molecular weight is 800 g/mol. The highest BCUT2D eigenvalue weighted by Gasteiger charge is 2.25. The number of allylic oxidation sites excluding steroid dienone is 10. The number of ether oxygens (including phenoxy) is 3. The van der Waals surface area contributed by atoms with E-state index in [1.165, 1.54) is 57.8 Å². The summed E-state index contributed by atoms with van der Waals surface area (Å²) in [6.45, 7) is 4.49. The first-order valence-corrected chi connectivity index (χ1v) is 22.8. The van der Waals surface area contributed by atoms with Crippen LogP contribution in [0.2, 0.25) is 0 Å². The predicted octanol–water partition coefficient (Wildman–Crippen LogP) is 11.2. The molecule has 0 bridgehead atoms. The fraction of sp³-hybridized carbons (Fsp3) is 0.735. The van der Waals surface area contributed by atoms with Crippen molar-refractivity contribution in [2.24, 2.45) is 0 Å². The lowest BCUT2D eigenvalue weighted by atomic mass is 10.1. The predicted molar refractivity (Wildman–Crippen MR) is 236 cm³/mol. The number of carbonyl (C=O) groups is 3. The Kier molecular flexibility index (Phi) is 37.8. The number of likely N-dealkylation sites (N-methyl/N-ethyl adjacent to an activating group) is 1. The van der Waals surface area contributed by atoms with Gasteiger partial charge in [0.05, 0.1) is 40.3 Å². The summed E-state index contributed by atoms with van der Waals surface area (Å²) in [4.78, 5) is 36.8. The molecule has 0 aliphatic carbocycles. The van der Waals surface area contributed by atoms with Gasteiger partial charge in [-0.25, -0.2) is 0 Å². The van der Waals surface area contributed by atoms with E-state index in [1.54, 1.807) is 21.1 Å². The molecule has 0 aromatic rings. The zero-order chi connectivity index (χ0) is 42.1. The fourth-order valence-corrected chi connectivity index (χ4v) is 6.34.